The Labute approximate surface area is 166 Å². The number of nitrogens with zero attached hydrogens (tertiary/aromatic N) is 2. The summed E-state index contributed by atoms with van der Waals surface area (Å²) in [6.45, 7) is 2.77. The third kappa shape index (κ3) is 3.52. The Kier molecular flexibility index (Phi) is 5.02. The van der Waals surface area contributed by atoms with Crippen LogP contribution in [0, 0.1) is 0 Å². The quantitative estimate of drug-likeness (QED) is 0.650. The van der Waals surface area contributed by atoms with Gasteiger partial charge in [0.25, 0.3) is 0 Å². The van der Waals surface area contributed by atoms with E-state index in [1.807, 2.05) is 16.7 Å². The molecule has 1 N–H and O–H groups in total. The van der Waals surface area contributed by atoms with Crippen LogP contribution in [0.4, 0.5) is 0 Å². The van der Waals surface area contributed by atoms with Gasteiger partial charge < -0.3 is 4.98 Å². The van der Waals surface area contributed by atoms with Gasteiger partial charge in [0.05, 0.1) is 21.1 Å². The summed E-state index contributed by atoms with van der Waals surface area (Å²) >= 11 is 18.2. The first kappa shape index (κ1) is 17.9. The number of likely N-dealkylation sites (tertiary alicyclic amines) is 1. The van der Waals surface area contributed by atoms with Crippen molar-refractivity contribution in [3.63, 3.8) is 0 Å². The number of fused-ring (bicyclic) bond motifs is 1. The zero-order valence-corrected chi connectivity index (χ0v) is 16.3. The summed E-state index contributed by atoms with van der Waals surface area (Å²) in [4.78, 5) is 17.8. The highest BCUT2D eigenvalue weighted by Gasteiger charge is 2.24. The van der Waals surface area contributed by atoms with Gasteiger partial charge in [-0.1, -0.05) is 46.9 Å². The number of aromatic amines is 1. The Balaban J connectivity index is 1.50. The Bertz CT molecular complexity index is 986. The fourth-order valence-electron chi connectivity index (χ4n) is 3.67. The molecule has 7 heteroatoms. The lowest BCUT2D eigenvalue weighted by molar-refractivity contribution is 0.180. The van der Waals surface area contributed by atoms with Crippen molar-refractivity contribution in [1.82, 2.24) is 14.5 Å². The first-order valence-corrected chi connectivity index (χ1v) is 9.71. The monoisotopic (exact) mass is 409 g/mol. The van der Waals surface area contributed by atoms with Crippen LogP contribution in [0.3, 0.4) is 0 Å². The van der Waals surface area contributed by atoms with Gasteiger partial charge in [-0.2, -0.15) is 0 Å². The molecule has 0 saturated carbocycles. The summed E-state index contributed by atoms with van der Waals surface area (Å²) in [5.74, 6) is 0. The van der Waals surface area contributed by atoms with Gasteiger partial charge in [0.15, 0.2) is 0 Å². The van der Waals surface area contributed by atoms with Gasteiger partial charge in [-0.3, -0.25) is 9.47 Å². The molecule has 0 radical (unpaired) electrons. The molecule has 4 rings (SSSR count). The van der Waals surface area contributed by atoms with Gasteiger partial charge in [-0.25, -0.2) is 4.79 Å². The van der Waals surface area contributed by atoms with E-state index in [0.29, 0.717) is 10.0 Å². The first-order chi connectivity index (χ1) is 12.5. The fourth-order valence-corrected chi connectivity index (χ4v) is 4.11. The third-order valence-corrected chi connectivity index (χ3v) is 5.97. The fraction of sp³-hybridized carbons (Fsp3) is 0.316. The van der Waals surface area contributed by atoms with Crippen molar-refractivity contribution >= 4 is 45.8 Å². The van der Waals surface area contributed by atoms with Crippen LogP contribution < -0.4 is 5.69 Å². The van der Waals surface area contributed by atoms with E-state index in [0.717, 1.165) is 48.5 Å². The number of piperidine rings is 1. The van der Waals surface area contributed by atoms with Crippen molar-refractivity contribution in [2.24, 2.45) is 0 Å². The number of nitrogens with one attached hydrogen (secondary N) is 1. The maximum Gasteiger partial charge on any atom is 0.326 e. The smallest absolute Gasteiger partial charge is 0.305 e. The van der Waals surface area contributed by atoms with Crippen LogP contribution in [0.5, 0.6) is 0 Å². The molecule has 0 bridgehead atoms. The summed E-state index contributed by atoms with van der Waals surface area (Å²) in [6.07, 6.45) is 1.83. The molecule has 3 aromatic rings. The van der Waals surface area contributed by atoms with Gasteiger partial charge in [0.2, 0.25) is 0 Å². The second kappa shape index (κ2) is 7.28. The summed E-state index contributed by atoms with van der Waals surface area (Å²) in [5, 5.41) is 1.67. The van der Waals surface area contributed by atoms with Gasteiger partial charge in [0.1, 0.15) is 0 Å². The van der Waals surface area contributed by atoms with Gasteiger partial charge in [0, 0.05) is 30.7 Å². The molecule has 0 amide bonds. The first-order valence-electron chi connectivity index (χ1n) is 8.57. The minimum absolute atomic E-state index is 0.102. The molecule has 1 aliphatic heterocycles. The molecule has 4 nitrogen and oxygen atoms in total. The number of imidazole rings is 1. The molecule has 0 unspecified atom stereocenters. The van der Waals surface area contributed by atoms with Crippen LogP contribution in [-0.4, -0.2) is 27.5 Å². The number of rotatable bonds is 3. The minimum atomic E-state index is -0.102. The highest BCUT2D eigenvalue weighted by Crippen LogP contribution is 2.30. The highest BCUT2D eigenvalue weighted by molar-refractivity contribution is 6.42. The van der Waals surface area contributed by atoms with Crippen molar-refractivity contribution in [3.8, 4) is 0 Å². The number of benzene rings is 2. The lowest BCUT2D eigenvalue weighted by Crippen LogP contribution is -2.36. The molecule has 1 aromatic heterocycles. The van der Waals surface area contributed by atoms with Gasteiger partial charge in [-0.15, -0.1) is 0 Å². The average Bonchev–Trinajstić information content (AvgIpc) is 2.93. The maximum absolute atomic E-state index is 12.5. The zero-order chi connectivity index (χ0) is 18.3. The van der Waals surface area contributed by atoms with E-state index in [1.54, 1.807) is 12.1 Å². The molecule has 1 fully saturated rings. The lowest BCUT2D eigenvalue weighted by Gasteiger charge is -2.32. The van der Waals surface area contributed by atoms with E-state index in [9.17, 15) is 4.79 Å². The third-order valence-electron chi connectivity index (χ3n) is 5.00. The van der Waals surface area contributed by atoms with Crippen molar-refractivity contribution in [2.75, 3.05) is 13.1 Å². The van der Waals surface area contributed by atoms with Crippen LogP contribution >= 0.6 is 34.8 Å². The second-order valence-electron chi connectivity index (χ2n) is 6.72. The van der Waals surface area contributed by atoms with Gasteiger partial charge in [-0.05, 0) is 42.7 Å². The topological polar surface area (TPSA) is 41.0 Å². The number of H-pyrrole nitrogens is 1. The van der Waals surface area contributed by atoms with Crippen molar-refractivity contribution in [3.05, 3.63) is 67.5 Å². The standard InChI is InChI=1S/C19H18Cl3N3O/c20-13-3-1-12(2-4-13)11-24-7-5-14(6-8-24)25-18-10-16(22)15(21)9-17(18)23-19(25)26/h1-4,9-10,14H,5-8,11H2,(H,23,26). The molecular weight excluding hydrogens is 393 g/mol. The largest absolute Gasteiger partial charge is 0.326 e. The number of hydrogen-bond acceptors (Lipinski definition) is 2. The lowest BCUT2D eigenvalue weighted by atomic mass is 10.0. The van der Waals surface area contributed by atoms with Crippen LogP contribution in [0.15, 0.2) is 41.2 Å². The van der Waals surface area contributed by atoms with E-state index in [-0.39, 0.29) is 11.7 Å². The molecular formula is C19H18Cl3N3O. The summed E-state index contributed by atoms with van der Waals surface area (Å²) in [6, 6.07) is 11.6. The predicted molar refractivity (Wildman–Crippen MR) is 108 cm³/mol. The summed E-state index contributed by atoms with van der Waals surface area (Å²) in [7, 11) is 0. The Morgan fingerprint density at radius 3 is 2.35 bits per heavy atom. The SMILES string of the molecule is O=c1[nH]c2cc(Cl)c(Cl)cc2n1C1CCN(Cc2ccc(Cl)cc2)CC1. The molecule has 0 aliphatic carbocycles. The van der Waals surface area contributed by atoms with Crippen molar-refractivity contribution < 1.29 is 0 Å². The zero-order valence-electron chi connectivity index (χ0n) is 14.0. The molecule has 0 atom stereocenters. The van der Waals surface area contributed by atoms with Gasteiger partial charge >= 0.3 is 5.69 Å². The number of hydrogen-bond donors (Lipinski definition) is 1. The van der Waals surface area contributed by atoms with Crippen molar-refractivity contribution in [2.45, 2.75) is 25.4 Å². The van der Waals surface area contributed by atoms with Crippen LogP contribution in [0.1, 0.15) is 24.4 Å². The Morgan fingerprint density at radius 1 is 1.00 bits per heavy atom. The summed E-state index contributed by atoms with van der Waals surface area (Å²) < 4.78 is 1.83. The molecule has 1 aliphatic rings. The molecule has 136 valence electrons. The minimum Gasteiger partial charge on any atom is -0.305 e. The van der Waals surface area contributed by atoms with E-state index in [4.69, 9.17) is 34.8 Å². The van der Waals surface area contributed by atoms with Crippen LogP contribution in [-0.2, 0) is 6.54 Å². The van der Waals surface area contributed by atoms with Crippen LogP contribution in [0.25, 0.3) is 11.0 Å². The predicted octanol–water partition coefficient (Wildman–Crippen LogP) is 5.13. The number of halogens is 3. The highest BCUT2D eigenvalue weighted by atomic mass is 35.5. The van der Waals surface area contributed by atoms with Crippen molar-refractivity contribution in [1.29, 1.82) is 0 Å². The molecule has 1 saturated heterocycles. The van der Waals surface area contributed by atoms with E-state index in [2.05, 4.69) is 22.0 Å². The van der Waals surface area contributed by atoms with E-state index in [1.165, 1.54) is 5.56 Å². The summed E-state index contributed by atoms with van der Waals surface area (Å²) in [5.41, 5.74) is 2.70. The normalized spacial score (nSPS) is 16.4. The Morgan fingerprint density at radius 2 is 1.65 bits per heavy atom. The number of aromatic nitrogens is 2. The maximum atomic E-state index is 12.5. The second-order valence-corrected chi connectivity index (χ2v) is 7.97. The van der Waals surface area contributed by atoms with Crippen LogP contribution in [0.2, 0.25) is 15.1 Å². The molecule has 2 aromatic carbocycles. The average molecular weight is 411 g/mol. The molecule has 2 heterocycles. The van der Waals surface area contributed by atoms with E-state index < -0.39 is 0 Å². The molecule has 0 spiro atoms. The molecule has 26 heavy (non-hydrogen) atoms. The van der Waals surface area contributed by atoms with E-state index >= 15 is 0 Å². The Hall–Kier alpha value is -1.46.